The number of halogens is 1. The van der Waals surface area contributed by atoms with Gasteiger partial charge in [-0.15, -0.1) is 0 Å². The zero-order valence-electron chi connectivity index (χ0n) is 23.7. The Labute approximate surface area is 238 Å². The zero-order chi connectivity index (χ0) is 29.9. The van der Waals surface area contributed by atoms with Crippen LogP contribution in [-0.4, -0.2) is 68.8 Å². The lowest BCUT2D eigenvalue weighted by atomic mass is 9.94. The Balaban J connectivity index is 1.87. The van der Waals surface area contributed by atoms with Crippen molar-refractivity contribution in [1.29, 1.82) is 0 Å². The first-order valence-corrected chi connectivity index (χ1v) is 13.6. The predicted molar refractivity (Wildman–Crippen MR) is 148 cm³/mol. The molecule has 11 nitrogen and oxygen atoms in total. The van der Waals surface area contributed by atoms with Crippen molar-refractivity contribution in [1.82, 2.24) is 25.6 Å². The number of esters is 1. The quantitative estimate of drug-likeness (QED) is 0.409. The van der Waals surface area contributed by atoms with E-state index in [1.807, 2.05) is 20.8 Å². The molecular weight excluding hydrogens is 533 g/mol. The van der Waals surface area contributed by atoms with E-state index in [2.05, 4.69) is 25.6 Å². The molecule has 0 fully saturated rings. The number of aliphatic hydroxyl groups is 1. The van der Waals surface area contributed by atoms with Gasteiger partial charge in [0, 0.05) is 37.2 Å². The van der Waals surface area contributed by atoms with Crippen molar-refractivity contribution in [3.8, 4) is 0 Å². The van der Waals surface area contributed by atoms with Crippen LogP contribution in [0.1, 0.15) is 56.2 Å². The number of fused-ring (bicyclic) bond motifs is 2. The zero-order valence-corrected chi connectivity index (χ0v) is 23.7. The van der Waals surface area contributed by atoms with Gasteiger partial charge in [-0.05, 0) is 18.9 Å². The molecule has 0 radical (unpaired) electrons. The number of hydrogen-bond acceptors (Lipinski definition) is 8. The SMILES string of the molecule is CC1=C\[C@@H](O)C[C@@H](F)Cc2nc(co2)C(=O)N[C@H](Cc2cnc[nH]2)C(=O)O[C@H](C(C)C)[C@H](C)/C=C/C(=O)NC\C=C\1. The van der Waals surface area contributed by atoms with Gasteiger partial charge < -0.3 is 29.9 Å². The van der Waals surface area contributed by atoms with E-state index >= 15 is 0 Å². The molecule has 41 heavy (non-hydrogen) atoms. The number of cyclic esters (lactones) is 1. The van der Waals surface area contributed by atoms with Gasteiger partial charge in [0.15, 0.2) is 11.6 Å². The van der Waals surface area contributed by atoms with Gasteiger partial charge in [0.2, 0.25) is 5.91 Å². The molecule has 0 unspecified atom stereocenters. The van der Waals surface area contributed by atoms with E-state index in [4.69, 9.17) is 9.15 Å². The molecule has 0 aromatic carbocycles. The van der Waals surface area contributed by atoms with Crippen molar-refractivity contribution in [2.24, 2.45) is 11.8 Å². The number of carbonyl (C=O) groups is 3. The Hall–Kier alpha value is -4.06. The largest absolute Gasteiger partial charge is 0.460 e. The highest BCUT2D eigenvalue weighted by atomic mass is 19.1. The van der Waals surface area contributed by atoms with Crippen LogP contribution in [0.5, 0.6) is 0 Å². The minimum Gasteiger partial charge on any atom is -0.460 e. The average molecular weight is 572 g/mol. The summed E-state index contributed by atoms with van der Waals surface area (Å²) in [6, 6.07) is -1.10. The van der Waals surface area contributed by atoms with Gasteiger partial charge in [0.1, 0.15) is 24.6 Å². The summed E-state index contributed by atoms with van der Waals surface area (Å²) >= 11 is 0. The number of nitrogens with one attached hydrogen (secondary N) is 3. The van der Waals surface area contributed by atoms with E-state index in [-0.39, 0.29) is 55.1 Å². The monoisotopic (exact) mass is 571 g/mol. The third kappa shape index (κ3) is 10.1. The van der Waals surface area contributed by atoms with Crippen molar-refractivity contribution >= 4 is 17.8 Å². The van der Waals surface area contributed by atoms with Crippen molar-refractivity contribution in [3.05, 3.63) is 72.0 Å². The number of nitrogens with zero attached hydrogens (tertiary/aromatic N) is 2. The molecule has 4 N–H and O–H groups in total. The molecule has 12 heteroatoms. The fourth-order valence-electron chi connectivity index (χ4n) is 4.39. The number of aromatic nitrogens is 3. The summed E-state index contributed by atoms with van der Waals surface area (Å²) < 4.78 is 25.8. The molecular formula is C29H38FN5O6. The van der Waals surface area contributed by atoms with Gasteiger partial charge in [-0.3, -0.25) is 9.59 Å². The highest BCUT2D eigenvalue weighted by Gasteiger charge is 2.31. The number of allylic oxidation sites excluding steroid dienone is 2. The lowest BCUT2D eigenvalue weighted by Gasteiger charge is -2.28. The number of imidazole rings is 1. The Morgan fingerprint density at radius 2 is 2.00 bits per heavy atom. The number of alkyl halides is 1. The summed E-state index contributed by atoms with van der Waals surface area (Å²) in [5.41, 5.74) is 1.16. The molecule has 1 aliphatic rings. The van der Waals surface area contributed by atoms with Gasteiger partial charge in [0.25, 0.3) is 5.91 Å². The number of rotatable bonds is 3. The second kappa shape index (κ2) is 15.1. The molecule has 0 spiro atoms. The number of aliphatic hydroxyl groups excluding tert-OH is 1. The van der Waals surface area contributed by atoms with Crippen LogP contribution in [0.3, 0.4) is 0 Å². The summed E-state index contributed by atoms with van der Waals surface area (Å²) in [6.45, 7) is 7.62. The number of aromatic amines is 1. The van der Waals surface area contributed by atoms with Crippen LogP contribution in [0.4, 0.5) is 4.39 Å². The van der Waals surface area contributed by atoms with Crippen LogP contribution in [0, 0.1) is 11.8 Å². The third-order valence-corrected chi connectivity index (χ3v) is 6.46. The number of H-pyrrole nitrogens is 1. The maximum atomic E-state index is 14.7. The van der Waals surface area contributed by atoms with Crippen molar-refractivity contribution in [2.75, 3.05) is 6.54 Å². The van der Waals surface area contributed by atoms with Crippen LogP contribution in [0.2, 0.25) is 0 Å². The van der Waals surface area contributed by atoms with Crippen LogP contribution in [0.25, 0.3) is 0 Å². The number of oxazole rings is 1. The van der Waals surface area contributed by atoms with E-state index in [0.29, 0.717) is 11.3 Å². The highest BCUT2D eigenvalue weighted by Crippen LogP contribution is 2.20. The molecule has 3 heterocycles. The molecule has 222 valence electrons. The molecule has 0 saturated heterocycles. The van der Waals surface area contributed by atoms with Gasteiger partial charge >= 0.3 is 5.97 Å². The van der Waals surface area contributed by atoms with Crippen molar-refractivity contribution in [3.63, 3.8) is 0 Å². The molecule has 2 aromatic rings. The molecule has 2 bridgehead atoms. The Morgan fingerprint density at radius 1 is 1.22 bits per heavy atom. The van der Waals surface area contributed by atoms with Gasteiger partial charge in [-0.1, -0.05) is 50.6 Å². The Bertz CT molecular complexity index is 1250. The van der Waals surface area contributed by atoms with Gasteiger partial charge in [-0.25, -0.2) is 19.2 Å². The predicted octanol–water partition coefficient (Wildman–Crippen LogP) is 2.76. The van der Waals surface area contributed by atoms with Crippen molar-refractivity contribution in [2.45, 2.75) is 71.4 Å². The third-order valence-electron chi connectivity index (χ3n) is 6.46. The minimum absolute atomic E-state index is 0.0160. The summed E-state index contributed by atoms with van der Waals surface area (Å²) in [7, 11) is 0. The molecule has 5 atom stereocenters. The van der Waals surface area contributed by atoms with Crippen LogP contribution < -0.4 is 10.6 Å². The topological polar surface area (TPSA) is 159 Å². The fourth-order valence-corrected chi connectivity index (χ4v) is 4.39. The molecule has 3 rings (SSSR count). The van der Waals surface area contributed by atoms with Crippen molar-refractivity contribution < 1.29 is 33.0 Å². The number of hydrogen-bond donors (Lipinski definition) is 4. The average Bonchev–Trinajstić information content (AvgIpc) is 3.59. The first-order valence-electron chi connectivity index (χ1n) is 13.6. The molecule has 2 amide bonds. The summed E-state index contributed by atoms with van der Waals surface area (Å²) in [5.74, 6) is -2.14. The van der Waals surface area contributed by atoms with E-state index in [1.165, 1.54) is 24.7 Å². The van der Waals surface area contributed by atoms with E-state index in [9.17, 15) is 23.9 Å². The smallest absolute Gasteiger partial charge is 0.329 e. The van der Waals surface area contributed by atoms with Crippen LogP contribution in [0.15, 0.2) is 59.2 Å². The maximum Gasteiger partial charge on any atom is 0.329 e. The second-order valence-electron chi connectivity index (χ2n) is 10.5. The molecule has 0 saturated carbocycles. The lowest BCUT2D eigenvalue weighted by Crippen LogP contribution is -2.46. The first-order chi connectivity index (χ1) is 19.5. The fraction of sp³-hybridized carbons (Fsp3) is 0.483. The summed E-state index contributed by atoms with van der Waals surface area (Å²) in [5, 5.41) is 15.6. The van der Waals surface area contributed by atoms with Crippen LogP contribution >= 0.6 is 0 Å². The van der Waals surface area contributed by atoms with E-state index < -0.39 is 36.3 Å². The maximum absolute atomic E-state index is 14.7. The van der Waals surface area contributed by atoms with Gasteiger partial charge in [-0.2, -0.15) is 0 Å². The summed E-state index contributed by atoms with van der Waals surface area (Å²) in [6.07, 6.45) is 8.55. The Morgan fingerprint density at radius 3 is 2.71 bits per heavy atom. The van der Waals surface area contributed by atoms with E-state index in [1.54, 1.807) is 25.2 Å². The molecule has 0 aliphatic carbocycles. The van der Waals surface area contributed by atoms with Gasteiger partial charge in [0.05, 0.1) is 18.9 Å². The molecule has 2 aromatic heterocycles. The van der Waals surface area contributed by atoms with E-state index in [0.717, 1.165) is 6.26 Å². The van der Waals surface area contributed by atoms with Crippen LogP contribution in [-0.2, 0) is 27.2 Å². The second-order valence-corrected chi connectivity index (χ2v) is 10.5. The number of ether oxygens (including phenoxy) is 1. The lowest BCUT2D eigenvalue weighted by molar-refractivity contribution is -0.155. The standard InChI is InChI=1S/C29H38FN5O6/c1-17(2)27-19(4)7-8-25(37)32-9-5-6-18(3)10-22(36)11-20(30)12-26-34-24(15-40-26)28(38)35-23(29(39)41-27)13-21-14-31-16-33-21/h5-8,10,14-17,19-20,22-23,27,36H,9,11-13H2,1-4H3,(H,31,33)(H,32,37)(H,35,38)/b6-5+,8-7+,18-10+/t19-,20-,22-,23-,27-/m1/s1. The first kappa shape index (κ1) is 31.5. The highest BCUT2D eigenvalue weighted by molar-refractivity contribution is 5.95. The summed E-state index contributed by atoms with van der Waals surface area (Å²) in [4.78, 5) is 49.6. The number of carbonyl (C=O) groups excluding carboxylic acids is 3. The Kier molecular flexibility index (Phi) is 11.6. The molecule has 1 aliphatic heterocycles. The number of amides is 2. The minimum atomic E-state index is -1.49. The normalized spacial score (nSPS) is 28.6.